The highest BCUT2D eigenvalue weighted by molar-refractivity contribution is 5.67. The second-order valence-corrected chi connectivity index (χ2v) is 3.94. The molecule has 0 aromatic rings. The molecule has 1 heterocycles. The maximum atomic E-state index is 10.4. The number of carboxylic acid groups (broad SMARTS) is 1. The molecule has 1 aliphatic rings. The zero-order valence-electron chi connectivity index (χ0n) is 8.24. The molecule has 4 nitrogen and oxygen atoms in total. The van der Waals surface area contributed by atoms with E-state index in [9.17, 15) is 4.79 Å². The van der Waals surface area contributed by atoms with Gasteiger partial charge in [0, 0.05) is 0 Å². The lowest BCUT2D eigenvalue weighted by atomic mass is 10.0. The molecule has 1 rings (SSSR count). The van der Waals surface area contributed by atoms with Gasteiger partial charge >= 0.3 is 5.97 Å². The van der Waals surface area contributed by atoms with Crippen molar-refractivity contribution in [3.8, 4) is 0 Å². The van der Waals surface area contributed by atoms with Gasteiger partial charge in [0.1, 0.15) is 0 Å². The highest BCUT2D eigenvalue weighted by Gasteiger charge is 2.36. The Labute approximate surface area is 77.8 Å². The van der Waals surface area contributed by atoms with E-state index in [-0.39, 0.29) is 18.4 Å². The number of hydrogen-bond acceptors (Lipinski definition) is 3. The third kappa shape index (κ3) is 2.97. The molecular formula is C9H16O4. The van der Waals surface area contributed by atoms with Crippen molar-refractivity contribution in [3.63, 3.8) is 0 Å². The van der Waals surface area contributed by atoms with Gasteiger partial charge in [-0.1, -0.05) is 6.92 Å². The van der Waals surface area contributed by atoms with E-state index in [2.05, 4.69) is 0 Å². The molecule has 76 valence electrons. The Balaban J connectivity index is 2.42. The fourth-order valence-corrected chi connectivity index (χ4v) is 1.40. The molecule has 1 N–H and O–H groups in total. The van der Waals surface area contributed by atoms with E-state index >= 15 is 0 Å². The van der Waals surface area contributed by atoms with Crippen LogP contribution in [0.15, 0.2) is 0 Å². The van der Waals surface area contributed by atoms with Crippen LogP contribution in [-0.4, -0.2) is 29.6 Å². The molecule has 1 aliphatic heterocycles. The van der Waals surface area contributed by atoms with Crippen molar-refractivity contribution in [1.82, 2.24) is 0 Å². The van der Waals surface area contributed by atoms with Gasteiger partial charge in [-0.2, -0.15) is 0 Å². The summed E-state index contributed by atoms with van der Waals surface area (Å²) in [5.41, 5.74) is 0. The summed E-state index contributed by atoms with van der Waals surface area (Å²) in [6.07, 6.45) is 0.0375. The van der Waals surface area contributed by atoms with Crippen LogP contribution in [0.25, 0.3) is 0 Å². The highest BCUT2D eigenvalue weighted by Crippen LogP contribution is 2.27. The molecular weight excluding hydrogens is 172 g/mol. The van der Waals surface area contributed by atoms with Gasteiger partial charge in [-0.3, -0.25) is 4.79 Å². The van der Waals surface area contributed by atoms with Crippen molar-refractivity contribution in [3.05, 3.63) is 0 Å². The molecule has 0 spiro atoms. The van der Waals surface area contributed by atoms with Gasteiger partial charge in [-0.25, -0.2) is 0 Å². The highest BCUT2D eigenvalue weighted by atomic mass is 16.7. The van der Waals surface area contributed by atoms with Crippen LogP contribution in [0.2, 0.25) is 0 Å². The van der Waals surface area contributed by atoms with Gasteiger partial charge in [0.05, 0.1) is 19.1 Å². The maximum absolute atomic E-state index is 10.4. The van der Waals surface area contributed by atoms with Gasteiger partial charge in [0.25, 0.3) is 0 Å². The van der Waals surface area contributed by atoms with Crippen LogP contribution in [0.5, 0.6) is 0 Å². The Morgan fingerprint density at radius 3 is 2.69 bits per heavy atom. The number of aliphatic carboxylic acids is 1. The van der Waals surface area contributed by atoms with Crippen molar-refractivity contribution in [2.24, 2.45) is 5.92 Å². The Bertz CT molecular complexity index is 200. The Morgan fingerprint density at radius 2 is 2.31 bits per heavy atom. The monoisotopic (exact) mass is 188 g/mol. The van der Waals surface area contributed by atoms with Crippen LogP contribution >= 0.6 is 0 Å². The zero-order valence-corrected chi connectivity index (χ0v) is 8.24. The lowest BCUT2D eigenvalue weighted by Crippen LogP contribution is -2.26. The molecule has 0 bridgehead atoms. The molecule has 1 fully saturated rings. The number of hydrogen-bond donors (Lipinski definition) is 1. The molecule has 0 aromatic heterocycles. The summed E-state index contributed by atoms with van der Waals surface area (Å²) in [4.78, 5) is 10.4. The summed E-state index contributed by atoms with van der Waals surface area (Å²) in [7, 11) is 0. The minimum atomic E-state index is -0.791. The molecule has 0 aromatic carbocycles. The summed E-state index contributed by atoms with van der Waals surface area (Å²) >= 11 is 0. The van der Waals surface area contributed by atoms with Crippen LogP contribution in [0.3, 0.4) is 0 Å². The standard InChI is InChI=1S/C9H16O4/c1-6(4-8(10)11)7-5-12-9(2,3)13-7/h6-7H,4-5H2,1-3H3,(H,10,11)/t6?,7-/m1/s1. The van der Waals surface area contributed by atoms with Gasteiger partial charge in [-0.05, 0) is 19.8 Å². The summed E-state index contributed by atoms with van der Waals surface area (Å²) < 4.78 is 10.9. The minimum absolute atomic E-state index is 0.000671. The van der Waals surface area contributed by atoms with Crippen molar-refractivity contribution in [2.45, 2.75) is 39.1 Å². The largest absolute Gasteiger partial charge is 0.481 e. The average molecular weight is 188 g/mol. The number of carboxylic acids is 1. The molecule has 0 radical (unpaired) electrons. The molecule has 0 aliphatic carbocycles. The quantitative estimate of drug-likeness (QED) is 0.724. The normalized spacial score (nSPS) is 28.7. The van der Waals surface area contributed by atoms with Gasteiger partial charge < -0.3 is 14.6 Å². The summed E-state index contributed by atoms with van der Waals surface area (Å²) in [5.74, 6) is -1.35. The average Bonchev–Trinajstić information content (AvgIpc) is 2.28. The topological polar surface area (TPSA) is 55.8 Å². The molecule has 1 saturated heterocycles. The summed E-state index contributed by atoms with van der Waals surface area (Å²) in [6.45, 7) is 6.02. The Kier molecular flexibility index (Phi) is 2.93. The van der Waals surface area contributed by atoms with Crippen LogP contribution in [0.4, 0.5) is 0 Å². The Morgan fingerprint density at radius 1 is 1.69 bits per heavy atom. The molecule has 0 saturated carbocycles. The first-order valence-electron chi connectivity index (χ1n) is 4.44. The number of carbonyl (C=O) groups is 1. The fourth-order valence-electron chi connectivity index (χ4n) is 1.40. The number of ether oxygens (including phenoxy) is 2. The van der Waals surface area contributed by atoms with Crippen LogP contribution in [0.1, 0.15) is 27.2 Å². The molecule has 2 atom stereocenters. The second kappa shape index (κ2) is 3.64. The van der Waals surface area contributed by atoms with E-state index in [1.165, 1.54) is 0 Å². The van der Waals surface area contributed by atoms with E-state index in [0.29, 0.717) is 6.61 Å². The molecule has 0 amide bonds. The number of rotatable bonds is 3. The zero-order chi connectivity index (χ0) is 10.1. The van der Waals surface area contributed by atoms with E-state index in [0.717, 1.165) is 0 Å². The first-order valence-corrected chi connectivity index (χ1v) is 4.44. The van der Waals surface area contributed by atoms with Crippen LogP contribution in [0, 0.1) is 5.92 Å². The van der Waals surface area contributed by atoms with Crippen LogP contribution in [-0.2, 0) is 14.3 Å². The summed E-state index contributed by atoms with van der Waals surface area (Å²) in [6, 6.07) is 0. The predicted octanol–water partition coefficient (Wildman–Crippen LogP) is 1.25. The lowest BCUT2D eigenvalue weighted by Gasteiger charge is -2.19. The maximum Gasteiger partial charge on any atom is 0.303 e. The summed E-state index contributed by atoms with van der Waals surface area (Å²) in [5, 5.41) is 8.58. The van der Waals surface area contributed by atoms with Gasteiger partial charge in [0.2, 0.25) is 0 Å². The van der Waals surface area contributed by atoms with E-state index in [1.54, 1.807) is 0 Å². The SMILES string of the molecule is CC(CC(=O)O)[C@H]1COC(C)(C)O1. The lowest BCUT2D eigenvalue weighted by molar-refractivity contribution is -0.149. The molecule has 4 heteroatoms. The third-order valence-corrected chi connectivity index (χ3v) is 2.16. The van der Waals surface area contributed by atoms with E-state index < -0.39 is 11.8 Å². The van der Waals surface area contributed by atoms with Crippen molar-refractivity contribution < 1.29 is 19.4 Å². The smallest absolute Gasteiger partial charge is 0.303 e. The van der Waals surface area contributed by atoms with E-state index in [1.807, 2.05) is 20.8 Å². The van der Waals surface area contributed by atoms with Crippen molar-refractivity contribution >= 4 is 5.97 Å². The van der Waals surface area contributed by atoms with Crippen LogP contribution < -0.4 is 0 Å². The first-order chi connectivity index (χ1) is 5.91. The molecule has 13 heavy (non-hydrogen) atoms. The van der Waals surface area contributed by atoms with Gasteiger partial charge in [-0.15, -0.1) is 0 Å². The van der Waals surface area contributed by atoms with Crippen molar-refractivity contribution in [1.29, 1.82) is 0 Å². The first kappa shape index (κ1) is 10.5. The van der Waals surface area contributed by atoms with Gasteiger partial charge in [0.15, 0.2) is 5.79 Å². The minimum Gasteiger partial charge on any atom is -0.481 e. The van der Waals surface area contributed by atoms with Crippen molar-refractivity contribution in [2.75, 3.05) is 6.61 Å². The second-order valence-electron chi connectivity index (χ2n) is 3.94. The third-order valence-electron chi connectivity index (χ3n) is 2.16. The predicted molar refractivity (Wildman–Crippen MR) is 46.3 cm³/mol. The fraction of sp³-hybridized carbons (Fsp3) is 0.889. The molecule has 1 unspecified atom stereocenters. The Hall–Kier alpha value is -0.610. The van der Waals surface area contributed by atoms with E-state index in [4.69, 9.17) is 14.6 Å².